The molecule has 1 unspecified atom stereocenters. The molecule has 35 heavy (non-hydrogen) atoms. The van der Waals surface area contributed by atoms with Gasteiger partial charge in [-0.3, -0.25) is 14.5 Å². The van der Waals surface area contributed by atoms with Crippen molar-refractivity contribution < 1.29 is 19.4 Å². The van der Waals surface area contributed by atoms with E-state index in [2.05, 4.69) is 0 Å². The van der Waals surface area contributed by atoms with E-state index in [-0.39, 0.29) is 17.4 Å². The number of hydrogen-bond donors (Lipinski definition) is 1. The number of carbonyl (C=O) groups is 2. The fourth-order valence-corrected chi connectivity index (χ4v) is 4.19. The third-order valence-electron chi connectivity index (χ3n) is 5.98. The average Bonchev–Trinajstić information content (AvgIpc) is 3.09. The first-order valence-corrected chi connectivity index (χ1v) is 11.6. The smallest absolute Gasteiger partial charge is 0.300 e. The summed E-state index contributed by atoms with van der Waals surface area (Å²) in [7, 11) is 3.87. The Morgan fingerprint density at radius 2 is 1.51 bits per heavy atom. The molecule has 1 aliphatic heterocycles. The first kappa shape index (κ1) is 24.1. The number of hydrogen-bond acceptors (Lipinski definition) is 5. The number of anilines is 2. The fourth-order valence-electron chi connectivity index (χ4n) is 4.19. The molecule has 3 aromatic carbocycles. The van der Waals surface area contributed by atoms with E-state index >= 15 is 0 Å². The van der Waals surface area contributed by atoms with Crippen LogP contribution in [0.1, 0.15) is 36.6 Å². The lowest BCUT2D eigenvalue weighted by Gasteiger charge is -2.26. The molecule has 0 aliphatic carbocycles. The zero-order valence-corrected chi connectivity index (χ0v) is 20.6. The quantitative estimate of drug-likeness (QED) is 0.294. The van der Waals surface area contributed by atoms with Crippen molar-refractivity contribution in [1.82, 2.24) is 0 Å². The standard InChI is InChI=1S/C29H30N2O4/c1-18(2)35-24-16-10-20(11-17-24)26-25(27(32)21-8-6-19(3)7-9-21)28(33)29(34)31(26)23-14-12-22(13-15-23)30(4)5/h6-18,26,32H,1-5H3/b27-25+. The molecular weight excluding hydrogens is 440 g/mol. The lowest BCUT2D eigenvalue weighted by molar-refractivity contribution is -0.132. The lowest BCUT2D eigenvalue weighted by atomic mass is 9.95. The van der Waals surface area contributed by atoms with Crippen LogP contribution in [0.5, 0.6) is 5.75 Å². The number of rotatable bonds is 6. The molecule has 1 atom stereocenters. The van der Waals surface area contributed by atoms with Gasteiger partial charge >= 0.3 is 0 Å². The monoisotopic (exact) mass is 470 g/mol. The van der Waals surface area contributed by atoms with Crippen LogP contribution in [0, 0.1) is 6.92 Å². The molecule has 1 saturated heterocycles. The zero-order valence-electron chi connectivity index (χ0n) is 20.6. The summed E-state index contributed by atoms with van der Waals surface area (Å²) >= 11 is 0. The summed E-state index contributed by atoms with van der Waals surface area (Å²) in [5.41, 5.74) is 3.82. The number of aryl methyl sites for hydroxylation is 1. The number of amides is 1. The van der Waals surface area contributed by atoms with E-state index in [0.29, 0.717) is 22.6 Å². The van der Waals surface area contributed by atoms with E-state index in [9.17, 15) is 14.7 Å². The Hall–Kier alpha value is -4.06. The van der Waals surface area contributed by atoms with Gasteiger partial charge in [-0.05, 0) is 62.7 Å². The molecule has 6 heteroatoms. The van der Waals surface area contributed by atoms with Gasteiger partial charge < -0.3 is 14.7 Å². The highest BCUT2D eigenvalue weighted by atomic mass is 16.5. The highest BCUT2D eigenvalue weighted by Crippen LogP contribution is 2.42. The molecule has 0 spiro atoms. The summed E-state index contributed by atoms with van der Waals surface area (Å²) < 4.78 is 5.76. The molecule has 1 fully saturated rings. The SMILES string of the molecule is Cc1ccc(/C(O)=C2\C(=O)C(=O)N(c3ccc(N(C)C)cc3)C2c2ccc(OC(C)C)cc2)cc1. The molecular formula is C29H30N2O4. The predicted octanol–water partition coefficient (Wildman–Crippen LogP) is 5.47. The number of ketones is 1. The Balaban J connectivity index is 1.86. The first-order chi connectivity index (χ1) is 16.7. The minimum absolute atomic E-state index is 0.0169. The number of Topliss-reactive ketones (excluding diaryl/α,β-unsaturated/α-hetero) is 1. The minimum Gasteiger partial charge on any atom is -0.507 e. The summed E-state index contributed by atoms with van der Waals surface area (Å²) in [6.07, 6.45) is 0.0169. The van der Waals surface area contributed by atoms with Crippen molar-refractivity contribution >= 4 is 28.8 Å². The normalized spacial score (nSPS) is 17.2. The summed E-state index contributed by atoms with van der Waals surface area (Å²) in [6, 6.07) is 21.1. The van der Waals surface area contributed by atoms with Gasteiger partial charge in [-0.15, -0.1) is 0 Å². The Bertz CT molecular complexity index is 1260. The molecule has 1 amide bonds. The van der Waals surface area contributed by atoms with Crippen LogP contribution in [-0.4, -0.2) is 37.0 Å². The second-order valence-electron chi connectivity index (χ2n) is 9.18. The molecule has 4 rings (SSSR count). The highest BCUT2D eigenvalue weighted by Gasteiger charge is 2.47. The van der Waals surface area contributed by atoms with Crippen molar-refractivity contribution in [3.8, 4) is 5.75 Å². The Kier molecular flexibility index (Phi) is 6.65. The summed E-state index contributed by atoms with van der Waals surface area (Å²) in [4.78, 5) is 30.0. The van der Waals surface area contributed by atoms with Gasteiger partial charge in [-0.25, -0.2) is 0 Å². The highest BCUT2D eigenvalue weighted by molar-refractivity contribution is 6.51. The van der Waals surface area contributed by atoms with Gasteiger partial charge in [-0.1, -0.05) is 42.0 Å². The number of aliphatic hydroxyl groups is 1. The molecule has 0 bridgehead atoms. The summed E-state index contributed by atoms with van der Waals surface area (Å²) in [5.74, 6) is -0.895. The molecule has 6 nitrogen and oxygen atoms in total. The maximum atomic E-state index is 13.3. The van der Waals surface area contributed by atoms with Gasteiger partial charge in [0.2, 0.25) is 0 Å². The number of nitrogens with zero attached hydrogens (tertiary/aromatic N) is 2. The van der Waals surface area contributed by atoms with Gasteiger partial charge in [0, 0.05) is 31.0 Å². The summed E-state index contributed by atoms with van der Waals surface area (Å²) in [5, 5.41) is 11.2. The zero-order chi connectivity index (χ0) is 25.3. The van der Waals surface area contributed by atoms with E-state index in [1.807, 2.05) is 100 Å². The van der Waals surface area contributed by atoms with Crippen LogP contribution in [0.3, 0.4) is 0 Å². The van der Waals surface area contributed by atoms with Crippen LogP contribution >= 0.6 is 0 Å². The van der Waals surface area contributed by atoms with Gasteiger partial charge in [0.1, 0.15) is 11.5 Å². The van der Waals surface area contributed by atoms with Crippen molar-refractivity contribution in [2.75, 3.05) is 23.9 Å². The van der Waals surface area contributed by atoms with Crippen molar-refractivity contribution in [2.45, 2.75) is 32.9 Å². The number of carbonyl (C=O) groups excluding carboxylic acids is 2. The fraction of sp³-hybridized carbons (Fsp3) is 0.241. The summed E-state index contributed by atoms with van der Waals surface area (Å²) in [6.45, 7) is 5.84. The van der Waals surface area contributed by atoms with Crippen LogP contribution in [0.25, 0.3) is 5.76 Å². The molecule has 1 N–H and O–H groups in total. The molecule has 3 aromatic rings. The molecule has 0 aromatic heterocycles. The van der Waals surface area contributed by atoms with Crippen molar-refractivity contribution in [3.05, 3.63) is 95.1 Å². The Labute approximate surface area is 206 Å². The van der Waals surface area contributed by atoms with E-state index in [1.54, 1.807) is 12.1 Å². The maximum absolute atomic E-state index is 13.3. The molecule has 1 aliphatic rings. The van der Waals surface area contributed by atoms with Crippen molar-refractivity contribution in [1.29, 1.82) is 0 Å². The number of ether oxygens (including phenoxy) is 1. The third-order valence-corrected chi connectivity index (χ3v) is 5.98. The topological polar surface area (TPSA) is 70.1 Å². The van der Waals surface area contributed by atoms with Crippen LogP contribution in [0.15, 0.2) is 78.4 Å². The Morgan fingerprint density at radius 3 is 2.06 bits per heavy atom. The van der Waals surface area contributed by atoms with Crippen molar-refractivity contribution in [2.24, 2.45) is 0 Å². The molecule has 0 radical (unpaired) electrons. The van der Waals surface area contributed by atoms with E-state index in [0.717, 1.165) is 11.3 Å². The van der Waals surface area contributed by atoms with E-state index in [1.165, 1.54) is 4.90 Å². The van der Waals surface area contributed by atoms with Crippen LogP contribution < -0.4 is 14.5 Å². The van der Waals surface area contributed by atoms with Gasteiger partial charge in [0.15, 0.2) is 0 Å². The minimum atomic E-state index is -0.783. The average molecular weight is 471 g/mol. The van der Waals surface area contributed by atoms with E-state index < -0.39 is 17.7 Å². The number of aliphatic hydroxyl groups excluding tert-OH is 1. The van der Waals surface area contributed by atoms with Crippen LogP contribution in [0.4, 0.5) is 11.4 Å². The van der Waals surface area contributed by atoms with Crippen LogP contribution in [-0.2, 0) is 9.59 Å². The third kappa shape index (κ3) is 4.78. The van der Waals surface area contributed by atoms with Crippen molar-refractivity contribution in [3.63, 3.8) is 0 Å². The second kappa shape index (κ2) is 9.66. The van der Waals surface area contributed by atoms with Gasteiger partial charge in [0.05, 0.1) is 17.7 Å². The molecule has 0 saturated carbocycles. The van der Waals surface area contributed by atoms with Crippen LogP contribution in [0.2, 0.25) is 0 Å². The van der Waals surface area contributed by atoms with E-state index in [4.69, 9.17) is 4.74 Å². The predicted molar refractivity (Wildman–Crippen MR) is 139 cm³/mol. The number of benzene rings is 3. The van der Waals surface area contributed by atoms with Gasteiger partial charge in [-0.2, -0.15) is 0 Å². The molecule has 1 heterocycles. The second-order valence-corrected chi connectivity index (χ2v) is 9.18. The largest absolute Gasteiger partial charge is 0.507 e. The Morgan fingerprint density at radius 1 is 0.914 bits per heavy atom. The molecule has 180 valence electrons. The maximum Gasteiger partial charge on any atom is 0.300 e. The lowest BCUT2D eigenvalue weighted by Crippen LogP contribution is -2.29. The van der Waals surface area contributed by atoms with Gasteiger partial charge in [0.25, 0.3) is 11.7 Å². The first-order valence-electron chi connectivity index (χ1n) is 11.6.